The number of phenolic OH excluding ortho intramolecular Hbond substituents is 1. The van der Waals surface area contributed by atoms with Crippen LogP contribution in [0.2, 0.25) is 0 Å². The Morgan fingerprint density at radius 2 is 2.00 bits per heavy atom. The molecule has 2 N–H and O–H groups in total. The van der Waals surface area contributed by atoms with Crippen LogP contribution in [0, 0.1) is 12.7 Å². The summed E-state index contributed by atoms with van der Waals surface area (Å²) >= 11 is 0. The number of phenols is 1. The normalized spacial score (nSPS) is 11.0. The van der Waals surface area contributed by atoms with Crippen LogP contribution in [0.25, 0.3) is 10.9 Å². The molecule has 2 aromatic carbocycles. The molecule has 3 aromatic rings. The first-order chi connectivity index (χ1) is 11.4. The summed E-state index contributed by atoms with van der Waals surface area (Å²) in [6.07, 6.45) is 1.86. The fraction of sp³-hybridized carbons (Fsp3) is 0.211. The third-order valence-electron chi connectivity index (χ3n) is 4.13. The number of benzene rings is 2. The Morgan fingerprint density at radius 3 is 2.75 bits per heavy atom. The maximum absolute atomic E-state index is 13.8. The summed E-state index contributed by atoms with van der Waals surface area (Å²) in [5.74, 6) is -0.896. The minimum Gasteiger partial charge on any atom is -0.508 e. The fourth-order valence-electron chi connectivity index (χ4n) is 2.74. The molecule has 0 bridgehead atoms. The van der Waals surface area contributed by atoms with Gasteiger partial charge < -0.3 is 15.0 Å². The number of aryl methyl sites for hydroxylation is 1. The van der Waals surface area contributed by atoms with Crippen LogP contribution in [0.4, 0.5) is 4.39 Å². The number of carbonyl (C=O) groups excluding carboxylic acids is 1. The van der Waals surface area contributed by atoms with Gasteiger partial charge in [-0.05, 0) is 36.2 Å². The number of H-pyrrole nitrogens is 1. The number of carbonyl (C=O) groups is 1. The van der Waals surface area contributed by atoms with Crippen molar-refractivity contribution < 1.29 is 14.3 Å². The number of aromatic nitrogens is 1. The molecular weight excluding hydrogens is 307 g/mol. The van der Waals surface area contributed by atoms with Gasteiger partial charge in [0.2, 0.25) is 5.91 Å². The molecule has 0 saturated heterocycles. The Kier molecular flexibility index (Phi) is 4.25. The lowest BCUT2D eigenvalue weighted by molar-refractivity contribution is -0.129. The Balaban J connectivity index is 1.74. The van der Waals surface area contributed by atoms with Crippen molar-refractivity contribution in [1.82, 2.24) is 9.88 Å². The second kappa shape index (κ2) is 6.35. The molecule has 1 aromatic heterocycles. The van der Waals surface area contributed by atoms with Crippen LogP contribution in [-0.2, 0) is 17.8 Å². The molecule has 0 radical (unpaired) electrons. The van der Waals surface area contributed by atoms with Gasteiger partial charge in [-0.3, -0.25) is 4.79 Å². The number of halogens is 1. The van der Waals surface area contributed by atoms with E-state index in [0.29, 0.717) is 6.54 Å². The molecule has 1 amide bonds. The van der Waals surface area contributed by atoms with Gasteiger partial charge in [0.25, 0.3) is 0 Å². The number of likely N-dealkylation sites (N-methyl/N-ethyl adjacent to an activating group) is 1. The van der Waals surface area contributed by atoms with Gasteiger partial charge in [0, 0.05) is 36.8 Å². The first kappa shape index (κ1) is 16.1. The van der Waals surface area contributed by atoms with Gasteiger partial charge in [-0.1, -0.05) is 17.7 Å². The molecule has 24 heavy (non-hydrogen) atoms. The summed E-state index contributed by atoms with van der Waals surface area (Å²) in [7, 11) is 1.70. The largest absolute Gasteiger partial charge is 0.508 e. The second-order valence-electron chi connectivity index (χ2n) is 6.07. The number of fused-ring (bicyclic) bond motifs is 1. The molecule has 5 heteroatoms. The molecular formula is C19H19FN2O2. The van der Waals surface area contributed by atoms with Crippen LogP contribution in [0.5, 0.6) is 5.75 Å². The van der Waals surface area contributed by atoms with Gasteiger partial charge in [-0.2, -0.15) is 0 Å². The third-order valence-corrected chi connectivity index (χ3v) is 4.13. The van der Waals surface area contributed by atoms with Crippen molar-refractivity contribution in [3.8, 4) is 5.75 Å². The summed E-state index contributed by atoms with van der Waals surface area (Å²) < 4.78 is 13.8. The highest BCUT2D eigenvalue weighted by Crippen LogP contribution is 2.21. The van der Waals surface area contributed by atoms with Crippen LogP contribution in [0.15, 0.2) is 42.6 Å². The average molecular weight is 326 g/mol. The number of aromatic amines is 1. The van der Waals surface area contributed by atoms with Crippen LogP contribution in [0.1, 0.15) is 16.7 Å². The number of hydrogen-bond donors (Lipinski definition) is 2. The number of rotatable bonds is 4. The van der Waals surface area contributed by atoms with Crippen molar-refractivity contribution in [3.63, 3.8) is 0 Å². The Labute approximate surface area is 139 Å². The van der Waals surface area contributed by atoms with Gasteiger partial charge in [0.15, 0.2) is 0 Å². The molecule has 0 unspecified atom stereocenters. The maximum atomic E-state index is 13.8. The van der Waals surface area contributed by atoms with Gasteiger partial charge in [-0.15, -0.1) is 0 Å². The Bertz CT molecular complexity index is 902. The minimum atomic E-state index is -0.570. The van der Waals surface area contributed by atoms with E-state index >= 15 is 0 Å². The van der Waals surface area contributed by atoms with E-state index in [4.69, 9.17) is 0 Å². The molecule has 0 aliphatic carbocycles. The number of amides is 1. The van der Waals surface area contributed by atoms with E-state index in [1.54, 1.807) is 11.9 Å². The molecule has 0 aliphatic rings. The zero-order valence-corrected chi connectivity index (χ0v) is 13.6. The second-order valence-corrected chi connectivity index (χ2v) is 6.07. The Hall–Kier alpha value is -2.82. The molecule has 3 rings (SSSR count). The highest BCUT2D eigenvalue weighted by Gasteiger charge is 2.15. The van der Waals surface area contributed by atoms with Crippen LogP contribution < -0.4 is 0 Å². The smallest absolute Gasteiger partial charge is 0.227 e. The van der Waals surface area contributed by atoms with E-state index in [0.717, 1.165) is 28.1 Å². The van der Waals surface area contributed by atoms with Crippen LogP contribution >= 0.6 is 0 Å². The molecule has 124 valence electrons. The molecule has 0 spiro atoms. The van der Waals surface area contributed by atoms with Crippen molar-refractivity contribution in [2.24, 2.45) is 0 Å². The number of nitrogens with one attached hydrogen (secondary N) is 1. The lowest BCUT2D eigenvalue weighted by atomic mass is 10.1. The summed E-state index contributed by atoms with van der Waals surface area (Å²) in [5, 5.41) is 10.3. The zero-order chi connectivity index (χ0) is 17.3. The quantitative estimate of drug-likeness (QED) is 0.771. The number of nitrogens with zero attached hydrogens (tertiary/aromatic N) is 1. The van der Waals surface area contributed by atoms with Crippen molar-refractivity contribution >= 4 is 16.8 Å². The monoisotopic (exact) mass is 326 g/mol. The minimum absolute atomic E-state index is 0.0377. The van der Waals surface area contributed by atoms with Gasteiger partial charge in [0.05, 0.1) is 6.42 Å². The van der Waals surface area contributed by atoms with Crippen molar-refractivity contribution in [2.45, 2.75) is 19.9 Å². The standard InChI is InChI=1S/C19H19FN2O2/c1-12-3-6-18-16(7-12)14(10-21-18)11-22(2)19(24)8-13-4-5-15(23)9-17(13)20/h3-7,9-10,21,23H,8,11H2,1-2H3. The van der Waals surface area contributed by atoms with E-state index < -0.39 is 5.82 Å². The average Bonchev–Trinajstić information content (AvgIpc) is 2.92. The van der Waals surface area contributed by atoms with Gasteiger partial charge >= 0.3 is 0 Å². The maximum Gasteiger partial charge on any atom is 0.227 e. The lowest BCUT2D eigenvalue weighted by Crippen LogP contribution is -2.27. The first-order valence-electron chi connectivity index (χ1n) is 7.72. The summed E-state index contributed by atoms with van der Waals surface area (Å²) in [6.45, 7) is 2.47. The van der Waals surface area contributed by atoms with E-state index in [1.807, 2.05) is 25.3 Å². The number of hydrogen-bond acceptors (Lipinski definition) is 2. The molecule has 0 atom stereocenters. The highest BCUT2D eigenvalue weighted by molar-refractivity contribution is 5.85. The van der Waals surface area contributed by atoms with Gasteiger partial charge in [-0.25, -0.2) is 4.39 Å². The number of aromatic hydroxyl groups is 1. The molecule has 4 nitrogen and oxygen atoms in total. The zero-order valence-electron chi connectivity index (χ0n) is 13.6. The SMILES string of the molecule is Cc1ccc2[nH]cc(CN(C)C(=O)Cc3ccc(O)cc3F)c2c1. The fourth-order valence-corrected chi connectivity index (χ4v) is 2.74. The molecule has 0 fully saturated rings. The first-order valence-corrected chi connectivity index (χ1v) is 7.72. The van der Waals surface area contributed by atoms with E-state index in [2.05, 4.69) is 11.1 Å². The lowest BCUT2D eigenvalue weighted by Gasteiger charge is -2.17. The van der Waals surface area contributed by atoms with E-state index in [-0.39, 0.29) is 23.6 Å². The van der Waals surface area contributed by atoms with Crippen LogP contribution in [-0.4, -0.2) is 27.9 Å². The summed E-state index contributed by atoms with van der Waals surface area (Å²) in [5.41, 5.74) is 3.49. The Morgan fingerprint density at radius 1 is 1.21 bits per heavy atom. The predicted octanol–water partition coefficient (Wildman–Crippen LogP) is 3.52. The van der Waals surface area contributed by atoms with E-state index in [1.165, 1.54) is 12.1 Å². The summed E-state index contributed by atoms with van der Waals surface area (Å²) in [4.78, 5) is 17.1. The molecule has 1 heterocycles. The van der Waals surface area contributed by atoms with Crippen molar-refractivity contribution in [1.29, 1.82) is 0 Å². The third kappa shape index (κ3) is 3.25. The molecule has 0 aliphatic heterocycles. The summed E-state index contributed by atoms with van der Waals surface area (Å²) in [6, 6.07) is 9.97. The highest BCUT2D eigenvalue weighted by atomic mass is 19.1. The van der Waals surface area contributed by atoms with Crippen molar-refractivity contribution in [3.05, 3.63) is 65.1 Å². The van der Waals surface area contributed by atoms with Gasteiger partial charge in [0.1, 0.15) is 11.6 Å². The van der Waals surface area contributed by atoms with Crippen molar-refractivity contribution in [2.75, 3.05) is 7.05 Å². The molecule has 0 saturated carbocycles. The predicted molar refractivity (Wildman–Crippen MR) is 91.3 cm³/mol. The topological polar surface area (TPSA) is 56.3 Å². The van der Waals surface area contributed by atoms with Crippen LogP contribution in [0.3, 0.4) is 0 Å². The van der Waals surface area contributed by atoms with E-state index in [9.17, 15) is 14.3 Å².